The number of furan rings is 1. The van der Waals surface area contributed by atoms with Crippen molar-refractivity contribution in [3.63, 3.8) is 0 Å². The molecule has 0 fully saturated rings. The number of rotatable bonds is 6. The molecule has 0 bridgehead atoms. The fraction of sp³-hybridized carbons (Fsp3) is 0.250. The van der Waals surface area contributed by atoms with Crippen LogP contribution in [0.1, 0.15) is 21.9 Å². The molecule has 0 saturated heterocycles. The van der Waals surface area contributed by atoms with Gasteiger partial charge in [0, 0.05) is 18.6 Å². The Hall–Kier alpha value is -2.47. The van der Waals surface area contributed by atoms with E-state index in [2.05, 4.69) is 15.6 Å². The SMILES string of the molecule is CN=C(NCCc1ccccc1Cl)NCc1ccc(C(N)=O)o1. The van der Waals surface area contributed by atoms with Crippen LogP contribution in [0.3, 0.4) is 0 Å². The van der Waals surface area contributed by atoms with Crippen LogP contribution in [0.25, 0.3) is 0 Å². The molecule has 122 valence electrons. The smallest absolute Gasteiger partial charge is 0.284 e. The summed E-state index contributed by atoms with van der Waals surface area (Å²) in [6.45, 7) is 1.09. The third-order valence-electron chi connectivity index (χ3n) is 3.20. The average Bonchev–Trinajstić information content (AvgIpc) is 3.01. The standard InChI is InChI=1S/C16H19ClN4O2/c1-19-16(20-9-8-11-4-2-3-5-13(11)17)21-10-12-6-7-14(23-12)15(18)22/h2-7H,8-10H2,1H3,(H2,18,22)(H2,19,20,21). The van der Waals surface area contributed by atoms with Crippen LogP contribution < -0.4 is 16.4 Å². The number of primary amides is 1. The number of halogens is 1. The number of nitrogens with zero attached hydrogens (tertiary/aromatic N) is 1. The Morgan fingerprint density at radius 2 is 2.04 bits per heavy atom. The van der Waals surface area contributed by atoms with Crippen molar-refractivity contribution >= 4 is 23.5 Å². The number of hydrogen-bond acceptors (Lipinski definition) is 3. The van der Waals surface area contributed by atoms with Crippen LogP contribution >= 0.6 is 11.6 Å². The van der Waals surface area contributed by atoms with Gasteiger partial charge in [0.05, 0.1) is 6.54 Å². The highest BCUT2D eigenvalue weighted by Crippen LogP contribution is 2.14. The molecule has 0 aliphatic rings. The summed E-state index contributed by atoms with van der Waals surface area (Å²) in [5.74, 6) is 0.795. The van der Waals surface area contributed by atoms with E-state index in [-0.39, 0.29) is 5.76 Å². The van der Waals surface area contributed by atoms with E-state index < -0.39 is 5.91 Å². The van der Waals surface area contributed by atoms with Crippen molar-refractivity contribution in [3.8, 4) is 0 Å². The Labute approximate surface area is 139 Å². The summed E-state index contributed by atoms with van der Waals surface area (Å²) >= 11 is 6.12. The lowest BCUT2D eigenvalue weighted by molar-refractivity contribution is 0.0972. The van der Waals surface area contributed by atoms with Crippen molar-refractivity contribution in [1.29, 1.82) is 0 Å². The molecule has 0 spiro atoms. The lowest BCUT2D eigenvalue weighted by Crippen LogP contribution is -2.37. The maximum absolute atomic E-state index is 11.0. The first-order chi connectivity index (χ1) is 11.1. The van der Waals surface area contributed by atoms with Gasteiger partial charge >= 0.3 is 0 Å². The van der Waals surface area contributed by atoms with E-state index in [1.807, 2.05) is 24.3 Å². The summed E-state index contributed by atoms with van der Waals surface area (Å²) in [6, 6.07) is 11.0. The van der Waals surface area contributed by atoms with Gasteiger partial charge < -0.3 is 20.8 Å². The number of benzene rings is 1. The van der Waals surface area contributed by atoms with Gasteiger partial charge in [-0.25, -0.2) is 0 Å². The minimum absolute atomic E-state index is 0.142. The summed E-state index contributed by atoms with van der Waals surface area (Å²) in [5.41, 5.74) is 6.22. The fourth-order valence-electron chi connectivity index (χ4n) is 2.01. The van der Waals surface area contributed by atoms with Gasteiger partial charge in [-0.3, -0.25) is 9.79 Å². The highest BCUT2D eigenvalue weighted by Gasteiger charge is 2.07. The van der Waals surface area contributed by atoms with Gasteiger partial charge in [0.25, 0.3) is 5.91 Å². The van der Waals surface area contributed by atoms with Gasteiger partial charge in [-0.1, -0.05) is 29.8 Å². The van der Waals surface area contributed by atoms with E-state index in [1.165, 1.54) is 0 Å². The van der Waals surface area contributed by atoms with Crippen LogP contribution in [0.15, 0.2) is 45.8 Å². The molecule has 2 rings (SSSR count). The summed E-state index contributed by atoms with van der Waals surface area (Å²) < 4.78 is 5.29. The highest BCUT2D eigenvalue weighted by molar-refractivity contribution is 6.31. The van der Waals surface area contributed by atoms with E-state index in [4.69, 9.17) is 21.8 Å². The highest BCUT2D eigenvalue weighted by atomic mass is 35.5. The summed E-state index contributed by atoms with van der Waals surface area (Å²) in [7, 11) is 1.68. The third-order valence-corrected chi connectivity index (χ3v) is 3.57. The Kier molecular flexibility index (Phi) is 6.05. The van der Waals surface area contributed by atoms with Gasteiger partial charge in [0.15, 0.2) is 11.7 Å². The molecular weight excluding hydrogens is 316 g/mol. The van der Waals surface area contributed by atoms with E-state index >= 15 is 0 Å². The van der Waals surface area contributed by atoms with E-state index in [0.717, 1.165) is 17.0 Å². The maximum atomic E-state index is 11.0. The molecule has 2 aromatic rings. The van der Waals surface area contributed by atoms with Crippen LogP contribution in [0.2, 0.25) is 5.02 Å². The Bertz CT molecular complexity index is 697. The fourth-order valence-corrected chi connectivity index (χ4v) is 2.24. The summed E-state index contributed by atoms with van der Waals surface area (Å²) in [5, 5.41) is 7.05. The molecule has 0 radical (unpaired) electrons. The average molecular weight is 335 g/mol. The van der Waals surface area contributed by atoms with Crippen molar-refractivity contribution in [2.24, 2.45) is 10.7 Å². The molecule has 0 aliphatic carbocycles. The quantitative estimate of drug-likeness (QED) is 0.556. The maximum Gasteiger partial charge on any atom is 0.284 e. The molecule has 6 nitrogen and oxygen atoms in total. The molecule has 0 atom stereocenters. The minimum atomic E-state index is -0.585. The molecule has 1 aromatic heterocycles. The number of aliphatic imine (C=N–C) groups is 1. The number of hydrogen-bond donors (Lipinski definition) is 3. The zero-order valence-corrected chi connectivity index (χ0v) is 13.6. The van der Waals surface area contributed by atoms with Crippen LogP contribution in [-0.4, -0.2) is 25.5 Å². The van der Waals surface area contributed by atoms with E-state index in [9.17, 15) is 4.79 Å². The Balaban J connectivity index is 1.79. The number of nitrogens with one attached hydrogen (secondary N) is 2. The monoisotopic (exact) mass is 334 g/mol. The first kappa shape index (κ1) is 16.9. The number of guanidine groups is 1. The van der Waals surface area contributed by atoms with Crippen LogP contribution in [-0.2, 0) is 13.0 Å². The molecule has 23 heavy (non-hydrogen) atoms. The first-order valence-corrected chi connectivity index (χ1v) is 7.54. The van der Waals surface area contributed by atoms with E-state index in [1.54, 1.807) is 19.2 Å². The lowest BCUT2D eigenvalue weighted by Gasteiger charge is -2.11. The molecule has 4 N–H and O–H groups in total. The molecule has 1 amide bonds. The number of carbonyl (C=O) groups excluding carboxylic acids is 1. The van der Waals surface area contributed by atoms with Gasteiger partial charge in [-0.15, -0.1) is 0 Å². The predicted octanol–water partition coefficient (Wildman–Crippen LogP) is 1.94. The second kappa shape index (κ2) is 8.24. The Morgan fingerprint density at radius 1 is 1.26 bits per heavy atom. The van der Waals surface area contributed by atoms with Crippen molar-refractivity contribution in [1.82, 2.24) is 10.6 Å². The topological polar surface area (TPSA) is 92.6 Å². The molecule has 7 heteroatoms. The molecular formula is C16H19ClN4O2. The summed E-state index contributed by atoms with van der Waals surface area (Å²) in [4.78, 5) is 15.1. The second-order valence-electron chi connectivity index (χ2n) is 4.82. The van der Waals surface area contributed by atoms with Crippen molar-refractivity contribution in [2.75, 3.05) is 13.6 Å². The number of carbonyl (C=O) groups is 1. The number of nitrogens with two attached hydrogens (primary N) is 1. The zero-order chi connectivity index (χ0) is 16.7. The minimum Gasteiger partial charge on any atom is -0.454 e. The normalized spacial score (nSPS) is 11.3. The van der Waals surface area contributed by atoms with Crippen LogP contribution in [0.4, 0.5) is 0 Å². The largest absolute Gasteiger partial charge is 0.454 e. The van der Waals surface area contributed by atoms with Gasteiger partial charge in [-0.2, -0.15) is 0 Å². The van der Waals surface area contributed by atoms with Crippen LogP contribution in [0, 0.1) is 0 Å². The van der Waals surface area contributed by atoms with Gasteiger partial charge in [0.1, 0.15) is 5.76 Å². The molecule has 1 aromatic carbocycles. The second-order valence-corrected chi connectivity index (χ2v) is 5.23. The van der Waals surface area contributed by atoms with Gasteiger partial charge in [-0.05, 0) is 30.2 Å². The predicted molar refractivity (Wildman–Crippen MR) is 90.6 cm³/mol. The van der Waals surface area contributed by atoms with Crippen LogP contribution in [0.5, 0.6) is 0 Å². The molecule has 1 heterocycles. The van der Waals surface area contributed by atoms with Crippen molar-refractivity contribution in [3.05, 3.63) is 58.5 Å². The lowest BCUT2D eigenvalue weighted by atomic mass is 10.1. The zero-order valence-electron chi connectivity index (χ0n) is 12.8. The molecule has 0 saturated carbocycles. The van der Waals surface area contributed by atoms with Crippen molar-refractivity contribution in [2.45, 2.75) is 13.0 Å². The van der Waals surface area contributed by atoms with Gasteiger partial charge in [0.2, 0.25) is 0 Å². The van der Waals surface area contributed by atoms with E-state index in [0.29, 0.717) is 24.8 Å². The summed E-state index contributed by atoms with van der Waals surface area (Å²) in [6.07, 6.45) is 0.785. The molecule has 0 aliphatic heterocycles. The van der Waals surface area contributed by atoms with Crippen molar-refractivity contribution < 1.29 is 9.21 Å². The third kappa shape index (κ3) is 5.03. The Morgan fingerprint density at radius 3 is 2.70 bits per heavy atom. The first-order valence-electron chi connectivity index (χ1n) is 7.16. The molecule has 0 unspecified atom stereocenters. The number of amides is 1.